The number of H-pyrrole nitrogens is 1. The monoisotopic (exact) mass is 502 g/mol. The number of aromatic amines is 1. The van der Waals surface area contributed by atoms with Crippen LogP contribution in [0.5, 0.6) is 5.75 Å². The summed E-state index contributed by atoms with van der Waals surface area (Å²) >= 11 is 6.43. The van der Waals surface area contributed by atoms with Crippen molar-refractivity contribution in [2.45, 2.75) is 25.3 Å². The van der Waals surface area contributed by atoms with Gasteiger partial charge in [-0.25, -0.2) is 9.37 Å². The van der Waals surface area contributed by atoms with Gasteiger partial charge in [0, 0.05) is 12.0 Å². The van der Waals surface area contributed by atoms with E-state index in [1.807, 2.05) is 54.6 Å². The van der Waals surface area contributed by atoms with Crippen LogP contribution in [-0.2, 0) is 17.6 Å². The van der Waals surface area contributed by atoms with Crippen molar-refractivity contribution in [3.8, 4) is 23.1 Å². The summed E-state index contributed by atoms with van der Waals surface area (Å²) < 4.78 is 19.5. The van der Waals surface area contributed by atoms with Gasteiger partial charge in [0.1, 0.15) is 34.3 Å². The van der Waals surface area contributed by atoms with E-state index in [4.69, 9.17) is 21.6 Å². The highest BCUT2D eigenvalue weighted by Gasteiger charge is 2.22. The molecule has 0 bridgehead atoms. The summed E-state index contributed by atoms with van der Waals surface area (Å²) in [5.41, 5.74) is 2.72. The standard InChI is InChI=1S/C28H24ClFN4O2/c1-36-22-9-5-8-19(14-22)10-13-25(35)32-24(15-18-6-3-2-4-7-18)28-33-26(27(29)34-28)20-11-12-21(17-31)23(30)16-20/h2-9,11-12,14,16,24H,10,13,15H2,1H3,(H,32,35)(H,33,34). The number of amides is 1. The van der Waals surface area contributed by atoms with Crippen LogP contribution in [-0.4, -0.2) is 23.0 Å². The summed E-state index contributed by atoms with van der Waals surface area (Å²) in [6, 6.07) is 22.8. The smallest absolute Gasteiger partial charge is 0.220 e. The van der Waals surface area contributed by atoms with Crippen molar-refractivity contribution in [1.82, 2.24) is 15.3 Å². The molecule has 182 valence electrons. The molecule has 0 radical (unpaired) electrons. The number of imidazole rings is 1. The van der Waals surface area contributed by atoms with E-state index < -0.39 is 11.9 Å². The lowest BCUT2D eigenvalue weighted by Crippen LogP contribution is -2.31. The number of nitriles is 1. The van der Waals surface area contributed by atoms with E-state index in [9.17, 15) is 9.18 Å². The molecule has 4 aromatic rings. The molecule has 0 spiro atoms. The molecule has 0 aliphatic heterocycles. The highest BCUT2D eigenvalue weighted by molar-refractivity contribution is 6.31. The maximum atomic E-state index is 14.2. The fourth-order valence-electron chi connectivity index (χ4n) is 3.90. The Hall–Kier alpha value is -4.15. The van der Waals surface area contributed by atoms with Gasteiger partial charge in [-0.2, -0.15) is 5.26 Å². The van der Waals surface area contributed by atoms with Crippen LogP contribution in [0.2, 0.25) is 5.15 Å². The quantitative estimate of drug-likeness (QED) is 0.303. The van der Waals surface area contributed by atoms with E-state index in [2.05, 4.69) is 15.3 Å². The summed E-state index contributed by atoms with van der Waals surface area (Å²) in [7, 11) is 1.61. The number of methoxy groups -OCH3 is 1. The minimum Gasteiger partial charge on any atom is -0.497 e. The Bertz CT molecular complexity index is 1400. The van der Waals surface area contributed by atoms with E-state index in [1.165, 1.54) is 12.1 Å². The Morgan fingerprint density at radius 1 is 1.14 bits per heavy atom. The number of halogens is 2. The first kappa shape index (κ1) is 25.0. The number of carbonyl (C=O) groups is 1. The fourth-order valence-corrected chi connectivity index (χ4v) is 4.14. The number of aromatic nitrogens is 2. The minimum absolute atomic E-state index is 0.0594. The molecule has 2 N–H and O–H groups in total. The molecular formula is C28H24ClFN4O2. The van der Waals surface area contributed by atoms with E-state index in [1.54, 1.807) is 19.2 Å². The zero-order chi connectivity index (χ0) is 25.5. The number of carbonyl (C=O) groups excluding carboxylic acids is 1. The molecular weight excluding hydrogens is 479 g/mol. The first-order valence-electron chi connectivity index (χ1n) is 11.4. The number of hydrogen-bond donors (Lipinski definition) is 2. The van der Waals surface area contributed by atoms with Crippen molar-refractivity contribution in [1.29, 1.82) is 5.26 Å². The van der Waals surface area contributed by atoms with Crippen molar-refractivity contribution in [3.63, 3.8) is 0 Å². The molecule has 36 heavy (non-hydrogen) atoms. The van der Waals surface area contributed by atoms with Gasteiger partial charge in [-0.15, -0.1) is 0 Å². The van der Waals surface area contributed by atoms with Gasteiger partial charge >= 0.3 is 0 Å². The number of aryl methyl sites for hydroxylation is 1. The van der Waals surface area contributed by atoms with Gasteiger partial charge in [0.05, 0.1) is 18.7 Å². The number of hydrogen-bond acceptors (Lipinski definition) is 4. The summed E-state index contributed by atoms with van der Waals surface area (Å²) in [4.78, 5) is 20.6. The predicted molar refractivity (Wildman–Crippen MR) is 136 cm³/mol. The average molecular weight is 503 g/mol. The summed E-state index contributed by atoms with van der Waals surface area (Å²) in [6.45, 7) is 0. The highest BCUT2D eigenvalue weighted by Crippen LogP contribution is 2.29. The van der Waals surface area contributed by atoms with Crippen molar-refractivity contribution in [3.05, 3.63) is 106 Å². The Morgan fingerprint density at radius 3 is 2.64 bits per heavy atom. The third-order valence-electron chi connectivity index (χ3n) is 5.76. The van der Waals surface area contributed by atoms with Crippen LogP contribution in [0, 0.1) is 17.1 Å². The van der Waals surface area contributed by atoms with Gasteiger partial charge in [-0.05, 0) is 48.2 Å². The lowest BCUT2D eigenvalue weighted by Gasteiger charge is -2.17. The molecule has 1 heterocycles. The van der Waals surface area contributed by atoms with Crippen LogP contribution in [0.15, 0.2) is 72.8 Å². The van der Waals surface area contributed by atoms with Crippen LogP contribution >= 0.6 is 11.6 Å². The lowest BCUT2D eigenvalue weighted by molar-refractivity contribution is -0.121. The molecule has 1 atom stereocenters. The van der Waals surface area contributed by atoms with Crippen LogP contribution in [0.3, 0.4) is 0 Å². The van der Waals surface area contributed by atoms with Crippen molar-refractivity contribution < 1.29 is 13.9 Å². The molecule has 1 aromatic heterocycles. The molecule has 0 aliphatic carbocycles. The van der Waals surface area contributed by atoms with E-state index >= 15 is 0 Å². The second kappa shape index (κ2) is 11.5. The topological polar surface area (TPSA) is 90.8 Å². The number of benzene rings is 3. The second-order valence-corrected chi connectivity index (χ2v) is 8.63. The van der Waals surface area contributed by atoms with Crippen LogP contribution in [0.25, 0.3) is 11.3 Å². The van der Waals surface area contributed by atoms with Gasteiger partial charge in [0.15, 0.2) is 0 Å². The maximum Gasteiger partial charge on any atom is 0.220 e. The lowest BCUT2D eigenvalue weighted by atomic mass is 10.0. The van der Waals surface area contributed by atoms with Crippen LogP contribution in [0.1, 0.15) is 35.0 Å². The zero-order valence-corrected chi connectivity index (χ0v) is 20.3. The molecule has 1 amide bonds. The van der Waals surface area contributed by atoms with Gasteiger partial charge in [-0.1, -0.05) is 60.1 Å². The van der Waals surface area contributed by atoms with Crippen LogP contribution in [0.4, 0.5) is 4.39 Å². The normalized spacial score (nSPS) is 11.5. The van der Waals surface area contributed by atoms with Crippen molar-refractivity contribution in [2.24, 2.45) is 0 Å². The summed E-state index contributed by atoms with van der Waals surface area (Å²) in [5.74, 6) is 0.407. The maximum absolute atomic E-state index is 14.2. The molecule has 8 heteroatoms. The first-order chi connectivity index (χ1) is 17.5. The molecule has 3 aromatic carbocycles. The second-order valence-electron chi connectivity index (χ2n) is 8.25. The Balaban J connectivity index is 1.55. The number of rotatable bonds is 9. The highest BCUT2D eigenvalue weighted by atomic mass is 35.5. The molecule has 4 rings (SSSR count). The van der Waals surface area contributed by atoms with Gasteiger partial charge in [-0.3, -0.25) is 4.79 Å². The number of ether oxygens (including phenoxy) is 1. The fraction of sp³-hybridized carbons (Fsp3) is 0.179. The largest absolute Gasteiger partial charge is 0.497 e. The van der Waals surface area contributed by atoms with Crippen LogP contribution < -0.4 is 10.1 Å². The van der Waals surface area contributed by atoms with Gasteiger partial charge in [0.2, 0.25) is 5.91 Å². The van der Waals surface area contributed by atoms with E-state index in [-0.39, 0.29) is 23.0 Å². The molecule has 6 nitrogen and oxygen atoms in total. The van der Waals surface area contributed by atoms with Gasteiger partial charge < -0.3 is 15.0 Å². The molecule has 1 unspecified atom stereocenters. The molecule has 0 saturated heterocycles. The molecule has 0 aliphatic rings. The Labute approximate surface area is 213 Å². The van der Waals surface area contributed by atoms with E-state index in [0.29, 0.717) is 29.9 Å². The third-order valence-corrected chi connectivity index (χ3v) is 6.04. The summed E-state index contributed by atoms with van der Waals surface area (Å²) in [5, 5.41) is 12.3. The summed E-state index contributed by atoms with van der Waals surface area (Å²) in [6.07, 6.45) is 1.31. The SMILES string of the molecule is COc1cccc(CCC(=O)NC(Cc2ccccc2)c2nc(-c3ccc(C#N)c(F)c3)c(Cl)[nH]2)c1. The predicted octanol–water partition coefficient (Wildman–Crippen LogP) is 5.78. The van der Waals surface area contributed by atoms with Crippen molar-refractivity contribution in [2.75, 3.05) is 7.11 Å². The average Bonchev–Trinajstić information content (AvgIpc) is 3.29. The van der Waals surface area contributed by atoms with E-state index in [0.717, 1.165) is 16.9 Å². The molecule has 0 saturated carbocycles. The molecule has 0 fully saturated rings. The van der Waals surface area contributed by atoms with Gasteiger partial charge in [0.25, 0.3) is 0 Å². The third kappa shape index (κ3) is 6.09. The Morgan fingerprint density at radius 2 is 1.92 bits per heavy atom. The first-order valence-corrected chi connectivity index (χ1v) is 11.8. The number of nitrogens with one attached hydrogen (secondary N) is 2. The minimum atomic E-state index is -0.651. The number of nitrogens with zero attached hydrogens (tertiary/aromatic N) is 2. The Kier molecular flexibility index (Phi) is 7.99. The van der Waals surface area contributed by atoms with Crippen molar-refractivity contribution >= 4 is 17.5 Å². The zero-order valence-electron chi connectivity index (χ0n) is 19.6.